The summed E-state index contributed by atoms with van der Waals surface area (Å²) < 4.78 is 16.9. The van der Waals surface area contributed by atoms with Gasteiger partial charge < -0.3 is 14.2 Å². The molecule has 0 aliphatic carbocycles. The lowest BCUT2D eigenvalue weighted by Gasteiger charge is -2.18. The molecule has 0 amide bonds. The zero-order valence-corrected chi connectivity index (χ0v) is 47.2. The Bertz CT molecular complexity index is 1280. The van der Waals surface area contributed by atoms with Crippen LogP contribution >= 0.6 is 0 Å². The van der Waals surface area contributed by atoms with Crippen LogP contribution in [0.5, 0.6) is 0 Å². The molecule has 0 heterocycles. The van der Waals surface area contributed by atoms with Crippen molar-refractivity contribution < 1.29 is 28.6 Å². The summed E-state index contributed by atoms with van der Waals surface area (Å²) >= 11 is 0. The third kappa shape index (κ3) is 57.9. The number of carbonyl (C=O) groups is 3. The number of unbranched alkanes of at least 4 members (excludes halogenated alkanes) is 35. The average Bonchev–Trinajstić information content (AvgIpc) is 3.37. The molecular formula is C65H116O6. The molecule has 0 saturated carbocycles. The van der Waals surface area contributed by atoms with Gasteiger partial charge in [-0.3, -0.25) is 14.4 Å². The van der Waals surface area contributed by atoms with Crippen LogP contribution in [-0.4, -0.2) is 37.2 Å². The first-order valence-electron chi connectivity index (χ1n) is 30.8. The first-order valence-corrected chi connectivity index (χ1v) is 30.8. The topological polar surface area (TPSA) is 78.9 Å². The third-order valence-corrected chi connectivity index (χ3v) is 13.5. The molecule has 0 aliphatic rings. The van der Waals surface area contributed by atoms with E-state index in [9.17, 15) is 14.4 Å². The van der Waals surface area contributed by atoms with E-state index in [1.54, 1.807) is 0 Å². The molecular weight excluding hydrogens is 877 g/mol. The summed E-state index contributed by atoms with van der Waals surface area (Å²) in [5.74, 6) is -0.914. The van der Waals surface area contributed by atoms with Gasteiger partial charge in [-0.05, 0) is 83.5 Å². The number of rotatable bonds is 56. The summed E-state index contributed by atoms with van der Waals surface area (Å²) in [5.41, 5.74) is 0. The maximum Gasteiger partial charge on any atom is 0.306 e. The van der Waals surface area contributed by atoms with Crippen LogP contribution in [0.25, 0.3) is 0 Å². The Balaban J connectivity index is 4.37. The molecule has 0 rings (SSSR count). The van der Waals surface area contributed by atoms with E-state index in [0.717, 1.165) is 83.5 Å². The van der Waals surface area contributed by atoms with Crippen molar-refractivity contribution in [3.63, 3.8) is 0 Å². The quantitative estimate of drug-likeness (QED) is 0.0261. The highest BCUT2D eigenvalue weighted by atomic mass is 16.6. The van der Waals surface area contributed by atoms with Gasteiger partial charge in [-0.1, -0.05) is 274 Å². The molecule has 0 fully saturated rings. The normalized spacial score (nSPS) is 12.4. The number of allylic oxidation sites excluding steroid dienone is 10. The number of carbonyl (C=O) groups excluding carboxylic acids is 3. The standard InChI is InChI=1S/C65H116O6/c1-4-7-10-13-16-19-22-25-28-30-31-32-33-35-37-40-43-46-49-52-55-58-64(67)70-61-62(60-69-63(66)57-54-51-48-45-42-39-36-27-24-21-18-15-12-9-6-3)71-65(68)59-56-53-50-47-44-41-38-34-29-26-23-20-17-14-11-8-5-2/h9,12,18,21,27,30-31,36,42,45,62H,4-8,10-11,13-17,19-20,22-26,28-29,32-35,37-41,43-44,46-61H2,1-3H3/b12-9-,21-18-,31-30-,36-27-,45-42-. The van der Waals surface area contributed by atoms with Gasteiger partial charge >= 0.3 is 17.9 Å². The molecule has 0 aromatic rings. The minimum Gasteiger partial charge on any atom is -0.462 e. The van der Waals surface area contributed by atoms with Crippen LogP contribution in [0.1, 0.15) is 316 Å². The second-order valence-corrected chi connectivity index (χ2v) is 20.6. The zero-order valence-electron chi connectivity index (χ0n) is 47.2. The maximum absolute atomic E-state index is 12.9. The van der Waals surface area contributed by atoms with Gasteiger partial charge in [0.15, 0.2) is 6.10 Å². The van der Waals surface area contributed by atoms with Crippen molar-refractivity contribution in [1.82, 2.24) is 0 Å². The Kier molecular flexibility index (Phi) is 57.2. The van der Waals surface area contributed by atoms with Crippen LogP contribution in [0.15, 0.2) is 60.8 Å². The molecule has 0 radical (unpaired) electrons. The van der Waals surface area contributed by atoms with E-state index in [-0.39, 0.29) is 31.1 Å². The Morgan fingerprint density at radius 3 is 0.901 bits per heavy atom. The van der Waals surface area contributed by atoms with Gasteiger partial charge in [-0.25, -0.2) is 0 Å². The molecule has 0 aromatic heterocycles. The van der Waals surface area contributed by atoms with Crippen molar-refractivity contribution in [3.05, 3.63) is 60.8 Å². The second-order valence-electron chi connectivity index (χ2n) is 20.6. The second kappa shape index (κ2) is 59.7. The Hall–Kier alpha value is -2.89. The highest BCUT2D eigenvalue weighted by molar-refractivity contribution is 5.71. The highest BCUT2D eigenvalue weighted by Crippen LogP contribution is 2.17. The molecule has 0 spiro atoms. The maximum atomic E-state index is 12.9. The van der Waals surface area contributed by atoms with E-state index < -0.39 is 6.10 Å². The molecule has 0 bridgehead atoms. The number of ether oxygens (including phenoxy) is 3. The fraction of sp³-hybridized carbons (Fsp3) is 0.800. The summed E-state index contributed by atoms with van der Waals surface area (Å²) in [6, 6.07) is 0. The van der Waals surface area contributed by atoms with Crippen LogP contribution < -0.4 is 0 Å². The van der Waals surface area contributed by atoms with E-state index in [2.05, 4.69) is 81.5 Å². The van der Waals surface area contributed by atoms with E-state index >= 15 is 0 Å². The zero-order chi connectivity index (χ0) is 51.4. The first kappa shape index (κ1) is 68.1. The van der Waals surface area contributed by atoms with Gasteiger partial charge in [0, 0.05) is 19.3 Å². The monoisotopic (exact) mass is 993 g/mol. The van der Waals surface area contributed by atoms with Gasteiger partial charge in [0.05, 0.1) is 0 Å². The summed E-state index contributed by atoms with van der Waals surface area (Å²) in [6.07, 6.45) is 75.1. The molecule has 412 valence electrons. The Morgan fingerprint density at radius 1 is 0.296 bits per heavy atom. The highest BCUT2D eigenvalue weighted by Gasteiger charge is 2.19. The lowest BCUT2D eigenvalue weighted by Crippen LogP contribution is -2.30. The predicted octanol–water partition coefficient (Wildman–Crippen LogP) is 20.8. The van der Waals surface area contributed by atoms with E-state index in [1.165, 1.54) is 193 Å². The summed E-state index contributed by atoms with van der Waals surface area (Å²) in [5, 5.41) is 0. The van der Waals surface area contributed by atoms with Crippen molar-refractivity contribution >= 4 is 17.9 Å². The fourth-order valence-electron chi connectivity index (χ4n) is 8.90. The van der Waals surface area contributed by atoms with E-state index in [0.29, 0.717) is 19.3 Å². The lowest BCUT2D eigenvalue weighted by molar-refractivity contribution is -0.167. The van der Waals surface area contributed by atoms with Crippen molar-refractivity contribution in [2.75, 3.05) is 13.2 Å². The number of esters is 3. The average molecular weight is 994 g/mol. The van der Waals surface area contributed by atoms with Gasteiger partial charge in [0.25, 0.3) is 0 Å². The fourth-order valence-corrected chi connectivity index (χ4v) is 8.90. The largest absolute Gasteiger partial charge is 0.462 e. The van der Waals surface area contributed by atoms with Crippen molar-refractivity contribution in [3.8, 4) is 0 Å². The molecule has 0 saturated heterocycles. The van der Waals surface area contributed by atoms with Crippen LogP contribution in [0.2, 0.25) is 0 Å². The molecule has 0 aliphatic heterocycles. The Morgan fingerprint density at radius 2 is 0.549 bits per heavy atom. The summed E-state index contributed by atoms with van der Waals surface area (Å²) in [7, 11) is 0. The molecule has 0 N–H and O–H groups in total. The van der Waals surface area contributed by atoms with Gasteiger partial charge in [-0.15, -0.1) is 0 Å². The molecule has 71 heavy (non-hydrogen) atoms. The van der Waals surface area contributed by atoms with Crippen LogP contribution in [0, 0.1) is 0 Å². The van der Waals surface area contributed by atoms with Crippen LogP contribution in [0.3, 0.4) is 0 Å². The predicted molar refractivity (Wildman–Crippen MR) is 307 cm³/mol. The van der Waals surface area contributed by atoms with Crippen LogP contribution in [0.4, 0.5) is 0 Å². The first-order chi connectivity index (χ1) is 35.0. The van der Waals surface area contributed by atoms with E-state index in [4.69, 9.17) is 14.2 Å². The van der Waals surface area contributed by atoms with Gasteiger partial charge in [-0.2, -0.15) is 0 Å². The van der Waals surface area contributed by atoms with Crippen LogP contribution in [-0.2, 0) is 28.6 Å². The minimum atomic E-state index is -0.790. The van der Waals surface area contributed by atoms with Crippen molar-refractivity contribution in [1.29, 1.82) is 0 Å². The van der Waals surface area contributed by atoms with Gasteiger partial charge in [0.2, 0.25) is 0 Å². The van der Waals surface area contributed by atoms with Crippen molar-refractivity contribution in [2.24, 2.45) is 0 Å². The van der Waals surface area contributed by atoms with E-state index in [1.807, 2.05) is 0 Å². The molecule has 0 aromatic carbocycles. The third-order valence-electron chi connectivity index (χ3n) is 13.5. The molecule has 6 heteroatoms. The lowest BCUT2D eigenvalue weighted by atomic mass is 10.0. The molecule has 1 unspecified atom stereocenters. The van der Waals surface area contributed by atoms with Gasteiger partial charge in [0.1, 0.15) is 13.2 Å². The SMILES string of the molecule is CC/C=C\C/C=C\C/C=C\C/C=C\CCCCC(=O)OCC(COC(=O)CCCCCCCCCCC/C=C\CCCCCCCCCC)OC(=O)CCCCCCCCCCCCCCCCCCC. The van der Waals surface area contributed by atoms with Crippen molar-refractivity contribution in [2.45, 2.75) is 322 Å². The molecule has 6 nitrogen and oxygen atoms in total. The smallest absolute Gasteiger partial charge is 0.306 e. The summed E-state index contributed by atoms with van der Waals surface area (Å²) in [4.78, 5) is 38.2. The minimum absolute atomic E-state index is 0.0855. The number of hydrogen-bond donors (Lipinski definition) is 0. The summed E-state index contributed by atoms with van der Waals surface area (Å²) in [6.45, 7) is 6.53. The Labute approximate surface area is 440 Å². The number of hydrogen-bond acceptors (Lipinski definition) is 6. The molecule has 1 atom stereocenters.